The van der Waals surface area contributed by atoms with E-state index in [1.807, 2.05) is 37.3 Å². The van der Waals surface area contributed by atoms with Crippen molar-refractivity contribution in [3.8, 4) is 0 Å². The molecule has 15 heavy (non-hydrogen) atoms. The molecule has 0 heterocycles. The maximum Gasteiger partial charge on any atom is 0.145 e. The second-order valence-corrected chi connectivity index (χ2v) is 4.96. The maximum atomic E-state index is 11.6. The first kappa shape index (κ1) is 12.1. The molecule has 0 radical (unpaired) electrons. The zero-order valence-corrected chi connectivity index (χ0v) is 9.76. The lowest BCUT2D eigenvalue weighted by atomic mass is 10.2. The lowest BCUT2D eigenvalue weighted by Crippen LogP contribution is -2.11. The van der Waals surface area contributed by atoms with Gasteiger partial charge in [0, 0.05) is 23.0 Å². The van der Waals surface area contributed by atoms with E-state index in [-0.39, 0.29) is 11.5 Å². The molecule has 0 aliphatic rings. The summed E-state index contributed by atoms with van der Waals surface area (Å²) in [5.74, 6) is 0.783. The summed E-state index contributed by atoms with van der Waals surface area (Å²) in [6.45, 7) is 1.96. The molecule has 0 N–H and O–H groups in total. The second kappa shape index (κ2) is 6.51. The van der Waals surface area contributed by atoms with E-state index in [1.54, 1.807) is 0 Å². The Bertz CT molecular complexity index is 333. The summed E-state index contributed by atoms with van der Waals surface area (Å²) in [6.07, 6.45) is 1.38. The molecule has 1 atom stereocenters. The van der Waals surface area contributed by atoms with Crippen molar-refractivity contribution in [2.45, 2.75) is 25.5 Å². The van der Waals surface area contributed by atoms with Crippen molar-refractivity contribution in [2.24, 2.45) is 0 Å². The van der Waals surface area contributed by atoms with E-state index in [2.05, 4.69) is 0 Å². The minimum atomic E-state index is -1.05. The standard InChI is InChI=1S/C12H16O2S/c1-2-6-12(13)10-15(14)9-11-7-4-3-5-8-11/h3-5,7-8H,2,6,9-10H2,1H3. The number of ketones is 1. The molecule has 0 saturated carbocycles. The van der Waals surface area contributed by atoms with Crippen molar-refractivity contribution in [3.63, 3.8) is 0 Å². The molecule has 3 heteroatoms. The number of carbonyl (C=O) groups is 1. The van der Waals surface area contributed by atoms with Crippen molar-refractivity contribution < 1.29 is 9.00 Å². The van der Waals surface area contributed by atoms with Crippen LogP contribution in [-0.2, 0) is 21.3 Å². The van der Waals surface area contributed by atoms with Gasteiger partial charge in [0.25, 0.3) is 0 Å². The summed E-state index contributed by atoms with van der Waals surface area (Å²) >= 11 is 0. The van der Waals surface area contributed by atoms with Gasteiger partial charge < -0.3 is 0 Å². The molecule has 1 unspecified atom stereocenters. The first-order chi connectivity index (χ1) is 7.22. The van der Waals surface area contributed by atoms with Crippen LogP contribution in [0.1, 0.15) is 25.3 Å². The Labute approximate surface area is 93.2 Å². The van der Waals surface area contributed by atoms with E-state index in [4.69, 9.17) is 0 Å². The topological polar surface area (TPSA) is 34.1 Å². The summed E-state index contributed by atoms with van der Waals surface area (Å²) in [7, 11) is -1.05. The third kappa shape index (κ3) is 4.88. The average Bonchev–Trinajstić information content (AvgIpc) is 2.19. The van der Waals surface area contributed by atoms with Gasteiger partial charge >= 0.3 is 0 Å². The van der Waals surface area contributed by atoms with E-state index in [0.717, 1.165) is 12.0 Å². The van der Waals surface area contributed by atoms with E-state index >= 15 is 0 Å². The molecular formula is C12H16O2S. The number of hydrogen-bond acceptors (Lipinski definition) is 2. The van der Waals surface area contributed by atoms with Gasteiger partial charge in [-0.15, -0.1) is 0 Å². The highest BCUT2D eigenvalue weighted by Gasteiger charge is 2.07. The highest BCUT2D eigenvalue weighted by Crippen LogP contribution is 2.03. The number of benzene rings is 1. The third-order valence-corrected chi connectivity index (χ3v) is 3.32. The van der Waals surface area contributed by atoms with Gasteiger partial charge in [-0.25, -0.2) is 0 Å². The Balaban J connectivity index is 2.40. The van der Waals surface area contributed by atoms with Crippen LogP contribution in [0.5, 0.6) is 0 Å². The fraction of sp³-hybridized carbons (Fsp3) is 0.417. The van der Waals surface area contributed by atoms with Crippen LogP contribution in [0.3, 0.4) is 0 Å². The minimum absolute atomic E-state index is 0.103. The van der Waals surface area contributed by atoms with Crippen LogP contribution in [-0.4, -0.2) is 15.7 Å². The van der Waals surface area contributed by atoms with Crippen LogP contribution in [0.4, 0.5) is 0 Å². The molecule has 0 aliphatic heterocycles. The van der Waals surface area contributed by atoms with Gasteiger partial charge in [-0.1, -0.05) is 37.3 Å². The number of rotatable bonds is 6. The molecule has 0 saturated heterocycles. The van der Waals surface area contributed by atoms with Crippen LogP contribution in [0, 0.1) is 0 Å². The third-order valence-electron chi connectivity index (χ3n) is 2.02. The van der Waals surface area contributed by atoms with E-state index < -0.39 is 10.8 Å². The Morgan fingerprint density at radius 1 is 1.27 bits per heavy atom. The van der Waals surface area contributed by atoms with Gasteiger partial charge in [0.1, 0.15) is 5.78 Å². The summed E-state index contributed by atoms with van der Waals surface area (Å²) in [4.78, 5) is 11.3. The second-order valence-electron chi connectivity index (χ2n) is 3.50. The fourth-order valence-electron chi connectivity index (χ4n) is 1.34. The quantitative estimate of drug-likeness (QED) is 0.743. The zero-order valence-electron chi connectivity index (χ0n) is 8.94. The Morgan fingerprint density at radius 2 is 1.93 bits per heavy atom. The summed E-state index contributed by atoms with van der Waals surface area (Å²) in [5.41, 5.74) is 1.03. The van der Waals surface area contributed by atoms with E-state index in [1.165, 1.54) is 0 Å². The predicted molar refractivity (Wildman–Crippen MR) is 63.1 cm³/mol. The molecule has 1 aromatic carbocycles. The van der Waals surface area contributed by atoms with Crippen molar-refractivity contribution in [1.29, 1.82) is 0 Å². The Hall–Kier alpha value is -0.960. The molecule has 0 spiro atoms. The summed E-state index contributed by atoms with van der Waals surface area (Å²) in [5, 5.41) is 0. The van der Waals surface area contributed by atoms with E-state index in [0.29, 0.717) is 12.2 Å². The van der Waals surface area contributed by atoms with Gasteiger partial charge in [-0.3, -0.25) is 9.00 Å². The summed E-state index contributed by atoms with van der Waals surface area (Å²) in [6, 6.07) is 9.62. The number of Topliss-reactive ketones (excluding diaryl/α,β-unsaturated/α-hetero) is 1. The largest absolute Gasteiger partial charge is 0.299 e. The highest BCUT2D eigenvalue weighted by atomic mass is 32.2. The molecule has 2 nitrogen and oxygen atoms in total. The monoisotopic (exact) mass is 224 g/mol. The minimum Gasteiger partial charge on any atom is -0.299 e. The van der Waals surface area contributed by atoms with Gasteiger partial charge in [0.2, 0.25) is 0 Å². The maximum absolute atomic E-state index is 11.6. The smallest absolute Gasteiger partial charge is 0.145 e. The Morgan fingerprint density at radius 3 is 2.53 bits per heavy atom. The molecule has 0 amide bonds. The van der Waals surface area contributed by atoms with Crippen molar-refractivity contribution >= 4 is 16.6 Å². The molecule has 1 aromatic rings. The molecule has 0 fully saturated rings. The zero-order chi connectivity index (χ0) is 11.1. The highest BCUT2D eigenvalue weighted by molar-refractivity contribution is 7.84. The molecule has 0 aliphatic carbocycles. The van der Waals surface area contributed by atoms with Crippen LogP contribution in [0.25, 0.3) is 0 Å². The molecular weight excluding hydrogens is 208 g/mol. The SMILES string of the molecule is CCCC(=O)CS(=O)Cc1ccccc1. The van der Waals surface area contributed by atoms with E-state index in [9.17, 15) is 9.00 Å². The number of hydrogen-bond donors (Lipinski definition) is 0. The van der Waals surface area contributed by atoms with Gasteiger partial charge in [-0.05, 0) is 12.0 Å². The van der Waals surface area contributed by atoms with Crippen LogP contribution < -0.4 is 0 Å². The normalized spacial score (nSPS) is 12.3. The average molecular weight is 224 g/mol. The first-order valence-electron chi connectivity index (χ1n) is 5.13. The number of carbonyl (C=O) groups excluding carboxylic acids is 1. The molecule has 0 bridgehead atoms. The lowest BCUT2D eigenvalue weighted by molar-refractivity contribution is -0.116. The summed E-state index contributed by atoms with van der Waals surface area (Å²) < 4.78 is 11.6. The van der Waals surface area contributed by atoms with Crippen molar-refractivity contribution in [3.05, 3.63) is 35.9 Å². The van der Waals surface area contributed by atoms with Crippen LogP contribution in [0.15, 0.2) is 30.3 Å². The van der Waals surface area contributed by atoms with Gasteiger partial charge in [0.05, 0.1) is 5.75 Å². The van der Waals surface area contributed by atoms with Crippen LogP contribution in [0.2, 0.25) is 0 Å². The van der Waals surface area contributed by atoms with Gasteiger partial charge in [-0.2, -0.15) is 0 Å². The van der Waals surface area contributed by atoms with Crippen molar-refractivity contribution in [1.82, 2.24) is 0 Å². The fourth-order valence-corrected chi connectivity index (χ4v) is 2.51. The van der Waals surface area contributed by atoms with Crippen LogP contribution >= 0.6 is 0 Å². The predicted octanol–water partition coefficient (Wildman–Crippen LogP) is 2.30. The molecule has 0 aromatic heterocycles. The first-order valence-corrected chi connectivity index (χ1v) is 6.61. The van der Waals surface area contributed by atoms with Gasteiger partial charge in [0.15, 0.2) is 0 Å². The Kier molecular flexibility index (Phi) is 5.26. The molecule has 1 rings (SSSR count). The molecule has 82 valence electrons. The lowest BCUT2D eigenvalue weighted by Gasteiger charge is -2.01. The van der Waals surface area contributed by atoms with Crippen molar-refractivity contribution in [2.75, 3.05) is 5.75 Å².